The van der Waals surface area contributed by atoms with E-state index < -0.39 is 20.7 Å². The number of benzene rings is 1. The molecule has 0 spiro atoms. The van der Waals surface area contributed by atoms with Crippen LogP contribution < -0.4 is 10.5 Å². The molecule has 0 radical (unpaired) electrons. The Morgan fingerprint density at radius 1 is 1.42 bits per heavy atom. The molecule has 2 unspecified atom stereocenters. The van der Waals surface area contributed by atoms with Gasteiger partial charge in [-0.25, -0.2) is 17.5 Å². The van der Waals surface area contributed by atoms with Crippen LogP contribution in [0.1, 0.15) is 19.8 Å². The van der Waals surface area contributed by atoms with Crippen LogP contribution in [0.15, 0.2) is 29.2 Å². The van der Waals surface area contributed by atoms with Crippen LogP contribution in [0.3, 0.4) is 0 Å². The van der Waals surface area contributed by atoms with E-state index in [4.69, 9.17) is 5.73 Å². The van der Waals surface area contributed by atoms with Crippen molar-refractivity contribution in [3.63, 3.8) is 0 Å². The van der Waals surface area contributed by atoms with Crippen LogP contribution in [-0.2, 0) is 14.8 Å². The molecule has 1 saturated heterocycles. The summed E-state index contributed by atoms with van der Waals surface area (Å²) in [6.45, 7) is 3.04. The summed E-state index contributed by atoms with van der Waals surface area (Å²) in [7, 11) is -3.95. The minimum atomic E-state index is -3.95. The SMILES string of the molecule is CC1CC(CN)CN1C(=O)CCNS(=O)(=O)c1ccccc1F.Cl. The van der Waals surface area contributed by atoms with Crippen LogP contribution in [0.25, 0.3) is 0 Å². The first-order valence-corrected chi connectivity index (χ1v) is 9.07. The Hall–Kier alpha value is -1.22. The van der Waals surface area contributed by atoms with E-state index in [1.807, 2.05) is 6.92 Å². The fourth-order valence-corrected chi connectivity index (χ4v) is 3.95. The average molecular weight is 380 g/mol. The number of carbonyl (C=O) groups is 1. The van der Waals surface area contributed by atoms with Crippen LogP contribution in [0.5, 0.6) is 0 Å². The molecule has 3 N–H and O–H groups in total. The smallest absolute Gasteiger partial charge is 0.243 e. The molecule has 1 heterocycles. The van der Waals surface area contributed by atoms with Crippen molar-refractivity contribution >= 4 is 28.3 Å². The number of nitrogens with zero attached hydrogens (tertiary/aromatic N) is 1. The van der Waals surface area contributed by atoms with E-state index in [1.165, 1.54) is 18.2 Å². The third kappa shape index (κ3) is 4.89. The van der Waals surface area contributed by atoms with Gasteiger partial charge in [0.1, 0.15) is 10.7 Å². The molecule has 1 fully saturated rings. The molecule has 1 aromatic rings. The summed E-state index contributed by atoms with van der Waals surface area (Å²) in [6.07, 6.45) is 0.901. The Kier molecular flexibility index (Phi) is 7.59. The van der Waals surface area contributed by atoms with Crippen molar-refractivity contribution in [1.82, 2.24) is 9.62 Å². The Bertz CT molecular complexity index is 672. The molecule has 0 saturated carbocycles. The molecule has 0 bridgehead atoms. The van der Waals surface area contributed by atoms with Crippen LogP contribution in [0, 0.1) is 11.7 Å². The molecule has 1 aliphatic heterocycles. The molecule has 24 heavy (non-hydrogen) atoms. The topological polar surface area (TPSA) is 92.5 Å². The quantitative estimate of drug-likeness (QED) is 0.774. The Balaban J connectivity index is 0.00000288. The molecule has 1 aliphatic rings. The summed E-state index contributed by atoms with van der Waals surface area (Å²) in [4.78, 5) is 13.5. The zero-order valence-electron chi connectivity index (χ0n) is 13.4. The first-order valence-electron chi connectivity index (χ1n) is 7.59. The minimum absolute atomic E-state index is 0. The van der Waals surface area contributed by atoms with Gasteiger partial charge in [0.25, 0.3) is 0 Å². The number of nitrogens with two attached hydrogens (primary N) is 1. The van der Waals surface area contributed by atoms with Gasteiger partial charge in [-0.05, 0) is 37.9 Å². The fraction of sp³-hybridized carbons (Fsp3) is 0.533. The predicted octanol–water partition coefficient (Wildman–Crippen LogP) is 1.11. The van der Waals surface area contributed by atoms with Gasteiger partial charge >= 0.3 is 0 Å². The summed E-state index contributed by atoms with van der Waals surface area (Å²) < 4.78 is 39.9. The van der Waals surface area contributed by atoms with Crippen molar-refractivity contribution in [3.05, 3.63) is 30.1 Å². The van der Waals surface area contributed by atoms with Crippen molar-refractivity contribution in [2.75, 3.05) is 19.6 Å². The Morgan fingerprint density at radius 3 is 2.67 bits per heavy atom. The second-order valence-electron chi connectivity index (χ2n) is 5.81. The highest BCUT2D eigenvalue weighted by atomic mass is 35.5. The first kappa shape index (κ1) is 20.8. The highest BCUT2D eigenvalue weighted by Crippen LogP contribution is 2.22. The number of likely N-dealkylation sites (tertiary alicyclic amines) is 1. The highest BCUT2D eigenvalue weighted by Gasteiger charge is 2.31. The molecular formula is C15H23ClFN3O3S. The molecule has 1 amide bonds. The molecule has 1 aromatic carbocycles. The third-order valence-corrected chi connectivity index (χ3v) is 5.57. The number of carbonyl (C=O) groups excluding carboxylic acids is 1. The summed E-state index contributed by atoms with van der Waals surface area (Å²) in [5.41, 5.74) is 5.63. The molecular weight excluding hydrogens is 357 g/mol. The molecule has 136 valence electrons. The zero-order valence-corrected chi connectivity index (χ0v) is 15.1. The summed E-state index contributed by atoms with van der Waals surface area (Å²) in [5, 5.41) is 0. The van der Waals surface area contributed by atoms with Crippen molar-refractivity contribution in [2.45, 2.75) is 30.7 Å². The third-order valence-electron chi connectivity index (χ3n) is 4.07. The second-order valence-corrected chi connectivity index (χ2v) is 7.55. The lowest BCUT2D eigenvalue weighted by Gasteiger charge is -2.21. The van der Waals surface area contributed by atoms with Crippen LogP contribution >= 0.6 is 12.4 Å². The van der Waals surface area contributed by atoms with Gasteiger partial charge in [-0.3, -0.25) is 4.79 Å². The molecule has 0 aliphatic carbocycles. The van der Waals surface area contributed by atoms with E-state index in [-0.39, 0.29) is 37.3 Å². The monoisotopic (exact) mass is 379 g/mol. The molecule has 6 nitrogen and oxygen atoms in total. The average Bonchev–Trinajstić information content (AvgIpc) is 2.88. The molecule has 0 aromatic heterocycles. The van der Waals surface area contributed by atoms with Crippen molar-refractivity contribution in [3.8, 4) is 0 Å². The fourth-order valence-electron chi connectivity index (χ4n) is 2.84. The van der Waals surface area contributed by atoms with E-state index >= 15 is 0 Å². The van der Waals surface area contributed by atoms with Gasteiger partial charge in [0, 0.05) is 25.6 Å². The molecule has 2 rings (SSSR count). The summed E-state index contributed by atoms with van der Waals surface area (Å²) in [5.74, 6) is -0.640. The van der Waals surface area contributed by atoms with E-state index in [0.717, 1.165) is 12.5 Å². The number of nitrogens with one attached hydrogen (secondary N) is 1. The van der Waals surface area contributed by atoms with Crippen LogP contribution in [-0.4, -0.2) is 44.9 Å². The molecule has 9 heteroatoms. The maximum Gasteiger partial charge on any atom is 0.243 e. The number of hydrogen-bond donors (Lipinski definition) is 2. The van der Waals surface area contributed by atoms with Gasteiger partial charge in [-0.1, -0.05) is 12.1 Å². The normalized spacial score (nSPS) is 20.7. The Morgan fingerprint density at radius 2 is 2.08 bits per heavy atom. The first-order chi connectivity index (χ1) is 10.8. The van der Waals surface area contributed by atoms with Crippen molar-refractivity contribution < 1.29 is 17.6 Å². The van der Waals surface area contributed by atoms with Crippen molar-refractivity contribution in [2.24, 2.45) is 11.7 Å². The van der Waals surface area contributed by atoms with Crippen LogP contribution in [0.2, 0.25) is 0 Å². The summed E-state index contributed by atoms with van der Waals surface area (Å²) in [6, 6.07) is 5.24. The number of halogens is 2. The van der Waals surface area contributed by atoms with Gasteiger partial charge in [0.2, 0.25) is 15.9 Å². The lowest BCUT2D eigenvalue weighted by atomic mass is 10.1. The maximum absolute atomic E-state index is 13.5. The zero-order chi connectivity index (χ0) is 17.0. The second kappa shape index (κ2) is 8.75. The standard InChI is InChI=1S/C15H22FN3O3S.ClH/c1-11-8-12(9-17)10-19(11)15(20)6-7-18-23(21,22)14-5-3-2-4-13(14)16;/h2-5,11-12,18H,6-10,17H2,1H3;1H. The largest absolute Gasteiger partial charge is 0.340 e. The predicted molar refractivity (Wildman–Crippen MR) is 91.8 cm³/mol. The van der Waals surface area contributed by atoms with E-state index in [2.05, 4.69) is 4.72 Å². The van der Waals surface area contributed by atoms with Gasteiger partial charge < -0.3 is 10.6 Å². The lowest BCUT2D eigenvalue weighted by Crippen LogP contribution is -2.37. The number of hydrogen-bond acceptors (Lipinski definition) is 4. The number of sulfonamides is 1. The van der Waals surface area contributed by atoms with Gasteiger partial charge in [0.05, 0.1) is 0 Å². The van der Waals surface area contributed by atoms with Gasteiger partial charge in [-0.15, -0.1) is 12.4 Å². The lowest BCUT2D eigenvalue weighted by molar-refractivity contribution is -0.131. The van der Waals surface area contributed by atoms with Crippen molar-refractivity contribution in [1.29, 1.82) is 0 Å². The van der Waals surface area contributed by atoms with E-state index in [0.29, 0.717) is 19.0 Å². The van der Waals surface area contributed by atoms with Crippen LogP contribution in [0.4, 0.5) is 4.39 Å². The maximum atomic E-state index is 13.5. The Labute approximate surface area is 148 Å². The number of rotatable bonds is 6. The van der Waals surface area contributed by atoms with Gasteiger partial charge in [-0.2, -0.15) is 0 Å². The summed E-state index contributed by atoms with van der Waals surface area (Å²) >= 11 is 0. The van der Waals surface area contributed by atoms with Gasteiger partial charge in [0.15, 0.2) is 0 Å². The molecule has 2 atom stereocenters. The minimum Gasteiger partial charge on any atom is -0.340 e. The van der Waals surface area contributed by atoms with E-state index in [1.54, 1.807) is 4.90 Å². The van der Waals surface area contributed by atoms with E-state index in [9.17, 15) is 17.6 Å². The highest BCUT2D eigenvalue weighted by molar-refractivity contribution is 7.89. The number of amides is 1.